The fourth-order valence-electron chi connectivity index (χ4n) is 8.72. The van der Waals surface area contributed by atoms with Crippen molar-refractivity contribution in [2.75, 3.05) is 31.7 Å². The number of anilines is 1. The van der Waals surface area contributed by atoms with E-state index in [0.717, 1.165) is 73.1 Å². The maximum Gasteiger partial charge on any atom is 0.262 e. The molecule has 1 saturated carbocycles. The van der Waals surface area contributed by atoms with Gasteiger partial charge in [-0.05, 0) is 117 Å². The lowest BCUT2D eigenvalue weighted by molar-refractivity contribution is -0.0753. The molecular formula is C39H48ClN3O5S. The maximum absolute atomic E-state index is 13.9. The number of benzene rings is 2. The Labute approximate surface area is 295 Å². The highest BCUT2D eigenvalue weighted by atomic mass is 35.5. The number of carbonyl (C=O) groups is 1. The first kappa shape index (κ1) is 34.2. The van der Waals surface area contributed by atoms with E-state index < -0.39 is 15.3 Å². The first-order valence-corrected chi connectivity index (χ1v) is 19.7. The molecule has 0 radical (unpaired) electrons. The number of methoxy groups -OCH3 is 1. The van der Waals surface area contributed by atoms with Crippen LogP contribution in [0.25, 0.3) is 0 Å². The Kier molecular flexibility index (Phi) is 9.16. The molecule has 1 fully saturated rings. The lowest BCUT2D eigenvalue weighted by Crippen LogP contribution is -2.54. The van der Waals surface area contributed by atoms with Crippen LogP contribution in [-0.4, -0.2) is 58.8 Å². The number of amides is 1. The van der Waals surface area contributed by atoms with Crippen LogP contribution < -0.4 is 14.4 Å². The van der Waals surface area contributed by atoms with Gasteiger partial charge in [0.1, 0.15) is 11.5 Å². The van der Waals surface area contributed by atoms with Gasteiger partial charge in [0.15, 0.2) is 0 Å². The molecule has 4 aliphatic rings. The van der Waals surface area contributed by atoms with Gasteiger partial charge < -0.3 is 18.9 Å². The Morgan fingerprint density at radius 1 is 1.18 bits per heavy atom. The third-order valence-corrected chi connectivity index (χ3v) is 14.3. The number of nitrogens with zero attached hydrogens (tertiary/aromatic N) is 2. The molecule has 1 amide bonds. The Bertz CT molecular complexity index is 1870. The molecule has 1 aromatic heterocycles. The molecule has 1 unspecified atom stereocenters. The number of nitrogens with one attached hydrogen (secondary N) is 1. The van der Waals surface area contributed by atoms with Crippen molar-refractivity contribution in [3.63, 3.8) is 0 Å². The summed E-state index contributed by atoms with van der Waals surface area (Å²) in [6, 6.07) is 13.9. The summed E-state index contributed by atoms with van der Waals surface area (Å²) in [5.41, 5.74) is 3.91. The molecule has 2 aliphatic heterocycles. The fourth-order valence-corrected chi connectivity index (χ4v) is 10.4. The highest BCUT2D eigenvalue weighted by Gasteiger charge is 2.49. The van der Waals surface area contributed by atoms with Crippen molar-refractivity contribution < 1.29 is 23.0 Å². The van der Waals surface area contributed by atoms with Crippen LogP contribution in [0.3, 0.4) is 0 Å². The minimum Gasteiger partial charge on any atom is -0.490 e. The molecular weight excluding hydrogens is 658 g/mol. The van der Waals surface area contributed by atoms with E-state index >= 15 is 0 Å². The molecule has 8 nitrogen and oxygen atoms in total. The van der Waals surface area contributed by atoms with Crippen molar-refractivity contribution in [1.29, 1.82) is 0 Å². The molecule has 2 aliphatic carbocycles. The number of hydrogen-bond acceptors (Lipinski definition) is 7. The number of allylic oxidation sites excluding steroid dienone is 1. The van der Waals surface area contributed by atoms with E-state index in [-0.39, 0.29) is 28.4 Å². The van der Waals surface area contributed by atoms with Crippen molar-refractivity contribution in [2.24, 2.45) is 17.8 Å². The number of aromatic nitrogens is 1. The zero-order valence-electron chi connectivity index (χ0n) is 29.0. The summed E-state index contributed by atoms with van der Waals surface area (Å²) < 4.78 is 35.5. The summed E-state index contributed by atoms with van der Waals surface area (Å²) in [5.74, 6) is 5.70. The lowest BCUT2D eigenvalue weighted by Gasteiger charge is -2.50. The molecule has 1 spiro atoms. The van der Waals surface area contributed by atoms with Crippen molar-refractivity contribution >= 4 is 38.8 Å². The molecule has 3 heterocycles. The highest BCUT2D eigenvalue weighted by molar-refractivity contribution is 7.99. The Hall–Kier alpha value is -3.27. The number of carbonyl (C=O) groups excluding carboxylic acids is 1. The maximum atomic E-state index is 13.9. The van der Waals surface area contributed by atoms with Crippen LogP contribution in [0.2, 0.25) is 5.02 Å². The molecule has 7 rings (SSSR count). The van der Waals surface area contributed by atoms with Crippen molar-refractivity contribution in [3.8, 4) is 5.75 Å². The third kappa shape index (κ3) is 6.43. The van der Waals surface area contributed by atoms with Gasteiger partial charge >= 0.3 is 0 Å². The standard InChI is InChI=1S/C39H48ClN3O5S/c1-25-8-6-17-39(46-4,21-32-18-26(2)48-41-32)34-13-10-30(34)22-43-23-38(16-7-9-28-19-31(40)12-14-33(28)38)24-47-36-15-11-29(20-35(36)43)37(44)42-49(5,45)27(25)3/h6,11-12,14-15,17-20,25,27,30,34H,5,7-10,13,16,21-24H2,1-4H3,(H,42,44,45)/b17-6+/t25-,27+,30-,34+,38-,39+,49?/m0/s1. The predicted molar refractivity (Wildman–Crippen MR) is 196 cm³/mol. The summed E-state index contributed by atoms with van der Waals surface area (Å²) in [7, 11) is -1.17. The van der Waals surface area contributed by atoms with E-state index in [4.69, 9.17) is 25.6 Å². The van der Waals surface area contributed by atoms with Gasteiger partial charge in [-0.1, -0.05) is 41.9 Å². The van der Waals surface area contributed by atoms with Crippen molar-refractivity contribution in [3.05, 3.63) is 87.8 Å². The average Bonchev–Trinajstić information content (AvgIpc) is 3.40. The Morgan fingerprint density at radius 2 is 2.02 bits per heavy atom. The first-order valence-electron chi connectivity index (χ1n) is 17.6. The van der Waals surface area contributed by atoms with E-state index in [1.165, 1.54) is 11.1 Å². The van der Waals surface area contributed by atoms with Crippen LogP contribution >= 0.6 is 11.6 Å². The second-order valence-corrected chi connectivity index (χ2v) is 17.8. The molecule has 3 aromatic rings. The lowest BCUT2D eigenvalue weighted by atomic mass is 9.62. The number of hydrogen-bond donors (Lipinski definition) is 1. The van der Waals surface area contributed by atoms with Crippen LogP contribution in [0, 0.1) is 24.7 Å². The van der Waals surface area contributed by atoms with E-state index in [1.807, 2.05) is 38.1 Å². The number of rotatable bonds is 3. The quantitative estimate of drug-likeness (QED) is 0.229. The molecule has 7 atom stereocenters. The first-order chi connectivity index (χ1) is 23.4. The number of halogens is 1. The zero-order valence-corrected chi connectivity index (χ0v) is 30.6. The summed E-state index contributed by atoms with van der Waals surface area (Å²) in [6.07, 6.45) is 10.7. The van der Waals surface area contributed by atoms with Crippen LogP contribution in [0.4, 0.5) is 5.69 Å². The number of fused-ring (bicyclic) bond motifs is 4. The van der Waals surface area contributed by atoms with Gasteiger partial charge in [-0.15, -0.1) is 0 Å². The predicted octanol–water partition coefficient (Wildman–Crippen LogP) is 7.11. The molecule has 2 bridgehead atoms. The zero-order chi connectivity index (χ0) is 34.6. The van der Waals surface area contributed by atoms with Gasteiger partial charge in [-0.2, -0.15) is 0 Å². The molecule has 1 N–H and O–H groups in total. The van der Waals surface area contributed by atoms with Crippen molar-refractivity contribution in [1.82, 2.24) is 9.88 Å². The fraction of sp³-hybridized carbons (Fsp3) is 0.513. The SMILES string of the molecule is C=S1(=O)NC(=O)c2ccc3c(c2)N(C[C@@H]2CC[C@H]2[C@@](Cc2cc(C)on2)(OC)/C=C/C[C@H](C)[C@H]1C)C[C@@]1(CCCc2cc(Cl)ccc21)CO3. The van der Waals surface area contributed by atoms with E-state index in [9.17, 15) is 9.00 Å². The second-order valence-electron chi connectivity index (χ2n) is 15.0. The van der Waals surface area contributed by atoms with Gasteiger partial charge in [-0.3, -0.25) is 9.52 Å². The topological polar surface area (TPSA) is 93.9 Å². The summed E-state index contributed by atoms with van der Waals surface area (Å²) >= 11 is 6.48. The summed E-state index contributed by atoms with van der Waals surface area (Å²) in [5, 5.41) is 4.77. The van der Waals surface area contributed by atoms with Gasteiger partial charge in [0, 0.05) is 53.9 Å². The molecule has 2 aromatic carbocycles. The van der Waals surface area contributed by atoms with E-state index in [2.05, 4.69) is 51.9 Å². The minimum absolute atomic E-state index is 0.00382. The largest absolute Gasteiger partial charge is 0.490 e. The van der Waals surface area contributed by atoms with Crippen LogP contribution in [0.1, 0.15) is 78.9 Å². The van der Waals surface area contributed by atoms with Gasteiger partial charge in [0.25, 0.3) is 5.91 Å². The Balaban J connectivity index is 1.34. The second kappa shape index (κ2) is 13.1. The number of aryl methyl sites for hydroxylation is 2. The molecule has 49 heavy (non-hydrogen) atoms. The number of ether oxygens (including phenoxy) is 2. The molecule has 0 saturated heterocycles. The normalized spacial score (nSPS) is 33.7. The summed E-state index contributed by atoms with van der Waals surface area (Å²) in [6.45, 7) is 7.91. The van der Waals surface area contributed by atoms with Gasteiger partial charge in [0.2, 0.25) is 0 Å². The Morgan fingerprint density at radius 3 is 2.76 bits per heavy atom. The van der Waals surface area contributed by atoms with Gasteiger partial charge in [-0.25, -0.2) is 4.21 Å². The van der Waals surface area contributed by atoms with Crippen molar-refractivity contribution in [2.45, 2.75) is 82.0 Å². The smallest absolute Gasteiger partial charge is 0.262 e. The van der Waals surface area contributed by atoms with Gasteiger partial charge in [0.05, 0.1) is 33.3 Å². The molecule has 262 valence electrons. The van der Waals surface area contributed by atoms with E-state index in [0.29, 0.717) is 30.9 Å². The molecule has 10 heteroatoms. The third-order valence-electron chi connectivity index (χ3n) is 11.9. The monoisotopic (exact) mass is 705 g/mol. The summed E-state index contributed by atoms with van der Waals surface area (Å²) in [4.78, 5) is 16.2. The van der Waals surface area contributed by atoms with Crippen LogP contribution in [0.15, 0.2) is 59.1 Å². The van der Waals surface area contributed by atoms with Crippen LogP contribution in [0.5, 0.6) is 5.75 Å². The van der Waals surface area contributed by atoms with E-state index in [1.54, 1.807) is 13.2 Å². The highest BCUT2D eigenvalue weighted by Crippen LogP contribution is 2.49. The minimum atomic E-state index is -2.97. The average molecular weight is 706 g/mol. The van der Waals surface area contributed by atoms with Crippen LogP contribution in [-0.2, 0) is 32.7 Å².